The first kappa shape index (κ1) is 14.2. The van der Waals surface area contributed by atoms with Crippen LogP contribution in [0.15, 0.2) is 47.4 Å². The summed E-state index contributed by atoms with van der Waals surface area (Å²) in [4.78, 5) is -0.0177. The van der Waals surface area contributed by atoms with Crippen molar-refractivity contribution in [3.05, 3.63) is 53.1 Å². The number of aromatic hydroxyl groups is 1. The predicted molar refractivity (Wildman–Crippen MR) is 75.1 cm³/mol. The van der Waals surface area contributed by atoms with Crippen LogP contribution in [-0.4, -0.2) is 13.5 Å². The van der Waals surface area contributed by atoms with Crippen LogP contribution in [0.3, 0.4) is 0 Å². The SMILES string of the molecule is N#Cc1ccc(S(=O)(=O)Nc2cccc(Cl)c2O)cc1. The summed E-state index contributed by atoms with van der Waals surface area (Å²) in [7, 11) is -3.86. The third-order valence-electron chi connectivity index (χ3n) is 2.52. The van der Waals surface area contributed by atoms with Crippen molar-refractivity contribution in [1.29, 1.82) is 5.26 Å². The Morgan fingerprint density at radius 3 is 2.40 bits per heavy atom. The summed E-state index contributed by atoms with van der Waals surface area (Å²) in [6.45, 7) is 0. The first-order chi connectivity index (χ1) is 9.44. The molecule has 0 spiro atoms. The molecular weight excluding hydrogens is 300 g/mol. The maximum absolute atomic E-state index is 12.1. The van der Waals surface area contributed by atoms with E-state index in [1.807, 2.05) is 6.07 Å². The Labute approximate surface area is 121 Å². The van der Waals surface area contributed by atoms with Crippen molar-refractivity contribution in [3.8, 4) is 11.8 Å². The lowest BCUT2D eigenvalue weighted by Crippen LogP contribution is -2.13. The number of phenols is 1. The van der Waals surface area contributed by atoms with Crippen molar-refractivity contribution in [2.75, 3.05) is 4.72 Å². The van der Waals surface area contributed by atoms with E-state index in [-0.39, 0.29) is 21.4 Å². The second-order valence-corrected chi connectivity index (χ2v) is 5.97. The zero-order chi connectivity index (χ0) is 14.8. The number of phenolic OH excluding ortho intramolecular Hbond substituents is 1. The Morgan fingerprint density at radius 1 is 1.15 bits per heavy atom. The van der Waals surface area contributed by atoms with Gasteiger partial charge in [0.15, 0.2) is 5.75 Å². The van der Waals surface area contributed by atoms with Gasteiger partial charge in [-0.05, 0) is 36.4 Å². The highest BCUT2D eigenvalue weighted by atomic mass is 35.5. The van der Waals surface area contributed by atoms with Gasteiger partial charge in [0.05, 0.1) is 27.2 Å². The van der Waals surface area contributed by atoms with Gasteiger partial charge in [-0.1, -0.05) is 17.7 Å². The summed E-state index contributed by atoms with van der Waals surface area (Å²) < 4.78 is 26.5. The summed E-state index contributed by atoms with van der Waals surface area (Å²) in [5.41, 5.74) is 0.344. The quantitative estimate of drug-likeness (QED) is 0.853. The first-order valence-corrected chi connectivity index (χ1v) is 7.30. The Morgan fingerprint density at radius 2 is 1.80 bits per heavy atom. The third-order valence-corrected chi connectivity index (χ3v) is 4.21. The van der Waals surface area contributed by atoms with Crippen molar-refractivity contribution in [2.45, 2.75) is 4.90 Å². The van der Waals surface area contributed by atoms with Crippen LogP contribution in [0.4, 0.5) is 5.69 Å². The fourth-order valence-electron chi connectivity index (χ4n) is 1.51. The number of nitriles is 1. The molecule has 0 aliphatic carbocycles. The Bertz CT molecular complexity index is 780. The summed E-state index contributed by atoms with van der Waals surface area (Å²) in [6.07, 6.45) is 0. The van der Waals surface area contributed by atoms with Gasteiger partial charge in [-0.2, -0.15) is 5.26 Å². The molecule has 102 valence electrons. The van der Waals surface area contributed by atoms with Crippen LogP contribution < -0.4 is 4.72 Å². The smallest absolute Gasteiger partial charge is 0.262 e. The lowest BCUT2D eigenvalue weighted by molar-refractivity contribution is 0.478. The fourth-order valence-corrected chi connectivity index (χ4v) is 2.75. The topological polar surface area (TPSA) is 90.2 Å². The molecule has 0 amide bonds. The number of hydrogen-bond donors (Lipinski definition) is 2. The molecule has 2 rings (SSSR count). The molecule has 2 aromatic carbocycles. The highest BCUT2D eigenvalue weighted by molar-refractivity contribution is 7.92. The lowest BCUT2D eigenvalue weighted by atomic mass is 10.2. The molecular formula is C13H9ClN2O3S. The maximum Gasteiger partial charge on any atom is 0.262 e. The highest BCUT2D eigenvalue weighted by Crippen LogP contribution is 2.32. The van der Waals surface area contributed by atoms with E-state index in [1.54, 1.807) is 0 Å². The fraction of sp³-hybridized carbons (Fsp3) is 0. The predicted octanol–water partition coefficient (Wildman–Crippen LogP) is 2.72. The molecule has 20 heavy (non-hydrogen) atoms. The van der Waals surface area contributed by atoms with Gasteiger partial charge in [0.1, 0.15) is 0 Å². The molecule has 0 aliphatic rings. The Hall–Kier alpha value is -2.23. The molecule has 7 heteroatoms. The largest absolute Gasteiger partial charge is 0.504 e. The molecule has 0 aromatic heterocycles. The van der Waals surface area contributed by atoms with E-state index in [0.717, 1.165) is 0 Å². The van der Waals surface area contributed by atoms with Gasteiger partial charge in [0.25, 0.3) is 10.0 Å². The third kappa shape index (κ3) is 2.85. The van der Waals surface area contributed by atoms with E-state index < -0.39 is 10.0 Å². The minimum absolute atomic E-state index is 0.0122. The molecule has 5 nitrogen and oxygen atoms in total. The van der Waals surface area contributed by atoms with Crippen LogP contribution in [-0.2, 0) is 10.0 Å². The minimum Gasteiger partial charge on any atom is -0.504 e. The van der Waals surface area contributed by atoms with Gasteiger partial charge < -0.3 is 5.11 Å². The van der Waals surface area contributed by atoms with Gasteiger partial charge in [-0.3, -0.25) is 4.72 Å². The van der Waals surface area contributed by atoms with Crippen molar-refractivity contribution in [1.82, 2.24) is 0 Å². The molecule has 0 heterocycles. The van der Waals surface area contributed by atoms with E-state index >= 15 is 0 Å². The molecule has 2 N–H and O–H groups in total. The van der Waals surface area contributed by atoms with Crippen molar-refractivity contribution in [3.63, 3.8) is 0 Å². The van der Waals surface area contributed by atoms with Gasteiger partial charge in [-0.15, -0.1) is 0 Å². The molecule has 2 aromatic rings. The second kappa shape index (κ2) is 5.41. The number of nitrogens with one attached hydrogen (secondary N) is 1. The maximum atomic E-state index is 12.1. The molecule has 0 fully saturated rings. The van der Waals surface area contributed by atoms with E-state index in [2.05, 4.69) is 4.72 Å². The van der Waals surface area contributed by atoms with Gasteiger partial charge in [0.2, 0.25) is 0 Å². The summed E-state index contributed by atoms with van der Waals surface area (Å²) in [6, 6.07) is 11.7. The summed E-state index contributed by atoms with van der Waals surface area (Å²) in [5.74, 6) is -0.341. The molecule has 0 bridgehead atoms. The van der Waals surface area contributed by atoms with Crippen LogP contribution in [0.5, 0.6) is 5.75 Å². The number of para-hydroxylation sites is 1. The number of benzene rings is 2. The zero-order valence-electron chi connectivity index (χ0n) is 10.0. The molecule has 0 atom stereocenters. The lowest BCUT2D eigenvalue weighted by Gasteiger charge is -2.10. The molecule has 0 saturated heterocycles. The van der Waals surface area contributed by atoms with Crippen molar-refractivity contribution < 1.29 is 13.5 Å². The number of hydrogen-bond acceptors (Lipinski definition) is 4. The Kier molecular flexibility index (Phi) is 3.84. The summed E-state index contributed by atoms with van der Waals surface area (Å²) >= 11 is 5.71. The average Bonchev–Trinajstić information content (AvgIpc) is 2.44. The van der Waals surface area contributed by atoms with E-state index in [9.17, 15) is 13.5 Å². The molecule has 0 radical (unpaired) electrons. The number of rotatable bonds is 3. The monoisotopic (exact) mass is 308 g/mol. The van der Waals surface area contributed by atoms with Crippen molar-refractivity contribution in [2.24, 2.45) is 0 Å². The van der Waals surface area contributed by atoms with Gasteiger partial charge >= 0.3 is 0 Å². The van der Waals surface area contributed by atoms with E-state index in [4.69, 9.17) is 16.9 Å². The van der Waals surface area contributed by atoms with Crippen LogP contribution in [0.1, 0.15) is 5.56 Å². The van der Waals surface area contributed by atoms with Crippen molar-refractivity contribution >= 4 is 27.3 Å². The minimum atomic E-state index is -3.86. The standard InChI is InChI=1S/C13H9ClN2O3S/c14-11-2-1-3-12(13(11)17)16-20(18,19)10-6-4-9(8-15)5-7-10/h1-7,16-17H. The number of halogens is 1. The zero-order valence-corrected chi connectivity index (χ0v) is 11.6. The van der Waals surface area contributed by atoms with Gasteiger partial charge in [-0.25, -0.2) is 8.42 Å². The number of nitrogens with zero attached hydrogens (tertiary/aromatic N) is 1. The number of anilines is 1. The number of sulfonamides is 1. The Balaban J connectivity index is 2.36. The van der Waals surface area contributed by atoms with Crippen LogP contribution in [0.2, 0.25) is 5.02 Å². The molecule has 0 saturated carbocycles. The normalized spacial score (nSPS) is 10.8. The van der Waals surface area contributed by atoms with Crippen LogP contribution >= 0.6 is 11.6 Å². The van der Waals surface area contributed by atoms with E-state index in [0.29, 0.717) is 5.56 Å². The molecule has 0 unspecified atom stereocenters. The highest BCUT2D eigenvalue weighted by Gasteiger charge is 2.16. The second-order valence-electron chi connectivity index (χ2n) is 3.88. The first-order valence-electron chi connectivity index (χ1n) is 5.44. The van der Waals surface area contributed by atoms with Crippen LogP contribution in [0.25, 0.3) is 0 Å². The van der Waals surface area contributed by atoms with E-state index in [1.165, 1.54) is 42.5 Å². The average molecular weight is 309 g/mol. The van der Waals surface area contributed by atoms with Gasteiger partial charge in [0, 0.05) is 0 Å². The molecule has 0 aliphatic heterocycles. The summed E-state index contributed by atoms with van der Waals surface area (Å²) in [5, 5.41) is 18.4. The van der Waals surface area contributed by atoms with Crippen LogP contribution in [0, 0.1) is 11.3 Å².